The van der Waals surface area contributed by atoms with E-state index in [9.17, 15) is 4.79 Å². The van der Waals surface area contributed by atoms with Crippen LogP contribution in [0, 0.1) is 6.92 Å². The zero-order valence-corrected chi connectivity index (χ0v) is 17.5. The molecule has 0 radical (unpaired) electrons. The second kappa shape index (κ2) is 9.15. The molecule has 2 aromatic heterocycles. The molecule has 0 spiro atoms. The highest BCUT2D eigenvalue weighted by atomic mass is 32.1. The van der Waals surface area contributed by atoms with Crippen LogP contribution in [0.4, 0.5) is 11.5 Å². The SMILES string of the molecule is Cc1ccc(NC(=O)Cc2nc(C[NH+]3CCN(c4cccc[nH+]4)CC3)cs2)cc1. The maximum absolute atomic E-state index is 12.3. The maximum atomic E-state index is 12.3. The monoisotopic (exact) mass is 409 g/mol. The van der Waals surface area contributed by atoms with E-state index in [2.05, 4.69) is 32.7 Å². The van der Waals surface area contributed by atoms with Crippen molar-refractivity contribution in [1.82, 2.24) is 4.98 Å². The number of carbonyl (C=O) groups is 1. The Kier molecular flexibility index (Phi) is 6.17. The van der Waals surface area contributed by atoms with Crippen LogP contribution in [-0.2, 0) is 17.8 Å². The van der Waals surface area contributed by atoms with Crippen LogP contribution in [0.5, 0.6) is 0 Å². The van der Waals surface area contributed by atoms with Gasteiger partial charge in [-0.05, 0) is 25.1 Å². The first-order chi connectivity index (χ1) is 14.2. The van der Waals surface area contributed by atoms with Gasteiger partial charge in [-0.25, -0.2) is 9.97 Å². The molecular formula is C22H27N5OS+2. The fraction of sp³-hybridized carbons (Fsp3) is 0.318. The second-order valence-electron chi connectivity index (χ2n) is 7.49. The number of benzene rings is 1. The predicted molar refractivity (Wildman–Crippen MR) is 115 cm³/mol. The summed E-state index contributed by atoms with van der Waals surface area (Å²) in [6.07, 6.45) is 2.30. The van der Waals surface area contributed by atoms with Gasteiger partial charge in [0.2, 0.25) is 5.91 Å². The van der Waals surface area contributed by atoms with Gasteiger partial charge in [-0.15, -0.1) is 11.3 Å². The highest BCUT2D eigenvalue weighted by molar-refractivity contribution is 7.09. The fourth-order valence-electron chi connectivity index (χ4n) is 3.57. The molecule has 1 aliphatic heterocycles. The Balaban J connectivity index is 1.25. The molecule has 3 heterocycles. The normalized spacial score (nSPS) is 14.7. The van der Waals surface area contributed by atoms with Crippen LogP contribution < -0.4 is 20.1 Å². The Hall–Kier alpha value is -2.77. The number of amides is 1. The third kappa shape index (κ3) is 5.40. The van der Waals surface area contributed by atoms with Gasteiger partial charge in [-0.3, -0.25) is 9.69 Å². The number of nitrogens with one attached hydrogen (secondary N) is 3. The van der Waals surface area contributed by atoms with Crippen LogP contribution in [0.3, 0.4) is 0 Å². The average Bonchev–Trinajstić information content (AvgIpc) is 3.17. The molecule has 29 heavy (non-hydrogen) atoms. The van der Waals surface area contributed by atoms with Crippen molar-refractivity contribution in [2.75, 3.05) is 36.4 Å². The number of aromatic nitrogens is 2. The summed E-state index contributed by atoms with van der Waals surface area (Å²) >= 11 is 1.58. The van der Waals surface area contributed by atoms with Crippen LogP contribution in [0.15, 0.2) is 54.0 Å². The van der Waals surface area contributed by atoms with Crippen molar-refractivity contribution in [1.29, 1.82) is 0 Å². The van der Waals surface area contributed by atoms with Gasteiger partial charge in [0, 0.05) is 17.1 Å². The number of nitrogens with zero attached hydrogens (tertiary/aromatic N) is 2. The van der Waals surface area contributed by atoms with Gasteiger partial charge in [0.1, 0.15) is 43.4 Å². The standard InChI is InChI=1S/C22H25N5OS/c1-17-5-7-18(8-6-17)24-21(28)14-22-25-19(16-29-22)15-26-10-12-27(13-11-26)20-4-2-3-9-23-20/h2-9,16H,10-15H2,1H3,(H,24,28)/p+2. The Morgan fingerprint density at radius 3 is 2.72 bits per heavy atom. The van der Waals surface area contributed by atoms with Gasteiger partial charge in [-0.2, -0.15) is 0 Å². The van der Waals surface area contributed by atoms with Crippen molar-refractivity contribution < 1.29 is 14.7 Å². The molecular weight excluding hydrogens is 382 g/mol. The van der Waals surface area contributed by atoms with Crippen molar-refractivity contribution in [2.45, 2.75) is 19.9 Å². The number of hydrogen-bond donors (Lipinski definition) is 2. The maximum Gasteiger partial charge on any atom is 0.274 e. The molecule has 1 saturated heterocycles. The van der Waals surface area contributed by atoms with E-state index in [0.29, 0.717) is 6.42 Å². The van der Waals surface area contributed by atoms with Crippen molar-refractivity contribution >= 4 is 28.7 Å². The topological polar surface area (TPSA) is 63.8 Å². The first kappa shape index (κ1) is 19.5. The molecule has 6 nitrogen and oxygen atoms in total. The third-order valence-corrected chi connectivity index (χ3v) is 6.08. The smallest absolute Gasteiger partial charge is 0.274 e. The summed E-state index contributed by atoms with van der Waals surface area (Å²) in [5.41, 5.74) is 3.09. The minimum absolute atomic E-state index is 0.0187. The van der Waals surface area contributed by atoms with Crippen molar-refractivity contribution in [3.8, 4) is 0 Å². The van der Waals surface area contributed by atoms with Crippen molar-refractivity contribution in [2.24, 2.45) is 0 Å². The summed E-state index contributed by atoms with van der Waals surface area (Å²) in [6, 6.07) is 14.0. The molecule has 0 atom stereocenters. The zero-order valence-electron chi connectivity index (χ0n) is 16.6. The van der Waals surface area contributed by atoms with E-state index in [4.69, 9.17) is 4.98 Å². The van der Waals surface area contributed by atoms with E-state index < -0.39 is 0 Å². The van der Waals surface area contributed by atoms with Crippen LogP contribution in [-0.4, -0.2) is 37.1 Å². The summed E-state index contributed by atoms with van der Waals surface area (Å²) in [6.45, 7) is 7.19. The van der Waals surface area contributed by atoms with Crippen LogP contribution in [0.25, 0.3) is 0 Å². The number of hydrogen-bond acceptors (Lipinski definition) is 4. The van der Waals surface area contributed by atoms with E-state index in [1.807, 2.05) is 43.5 Å². The number of thiazole rings is 1. The number of quaternary nitrogens is 1. The molecule has 1 aliphatic rings. The number of carbonyl (C=O) groups excluding carboxylic acids is 1. The Morgan fingerprint density at radius 2 is 2.00 bits per heavy atom. The van der Waals surface area contributed by atoms with Crippen molar-refractivity contribution in [3.63, 3.8) is 0 Å². The highest BCUT2D eigenvalue weighted by Crippen LogP contribution is 2.13. The van der Waals surface area contributed by atoms with Crippen LogP contribution >= 0.6 is 11.3 Å². The molecule has 3 N–H and O–H groups in total. The second-order valence-corrected chi connectivity index (χ2v) is 8.43. The minimum atomic E-state index is -0.0187. The largest absolute Gasteiger partial charge is 0.326 e. The molecule has 150 valence electrons. The number of rotatable bonds is 6. The number of H-pyrrole nitrogens is 1. The lowest BCUT2D eigenvalue weighted by atomic mass is 10.2. The third-order valence-electron chi connectivity index (χ3n) is 5.18. The van der Waals surface area contributed by atoms with Gasteiger partial charge in [0.15, 0.2) is 0 Å². The summed E-state index contributed by atoms with van der Waals surface area (Å²) in [5, 5.41) is 5.92. The van der Waals surface area contributed by atoms with Gasteiger partial charge < -0.3 is 10.2 Å². The first-order valence-corrected chi connectivity index (χ1v) is 10.9. The molecule has 0 unspecified atom stereocenters. The summed E-state index contributed by atoms with van der Waals surface area (Å²) in [4.78, 5) is 24.2. The molecule has 1 amide bonds. The molecule has 1 fully saturated rings. The number of piperazine rings is 1. The molecule has 4 rings (SSSR count). The quantitative estimate of drug-likeness (QED) is 0.646. The zero-order chi connectivity index (χ0) is 20.1. The summed E-state index contributed by atoms with van der Waals surface area (Å²) < 4.78 is 0. The minimum Gasteiger partial charge on any atom is -0.326 e. The van der Waals surface area contributed by atoms with E-state index in [-0.39, 0.29) is 5.91 Å². The van der Waals surface area contributed by atoms with E-state index in [0.717, 1.165) is 49.1 Å². The first-order valence-electron chi connectivity index (χ1n) is 10.0. The predicted octanol–water partition coefficient (Wildman–Crippen LogP) is 1.35. The van der Waals surface area contributed by atoms with Crippen LogP contribution in [0.2, 0.25) is 0 Å². The molecule has 7 heteroatoms. The molecule has 0 bridgehead atoms. The van der Waals surface area contributed by atoms with E-state index in [1.165, 1.54) is 16.3 Å². The highest BCUT2D eigenvalue weighted by Gasteiger charge is 2.26. The number of pyridine rings is 1. The number of aromatic amines is 1. The van der Waals surface area contributed by atoms with Crippen LogP contribution in [0.1, 0.15) is 16.3 Å². The molecule has 1 aromatic carbocycles. The summed E-state index contributed by atoms with van der Waals surface area (Å²) in [5.74, 6) is 1.16. The fourth-order valence-corrected chi connectivity index (χ4v) is 4.36. The number of aryl methyl sites for hydroxylation is 1. The average molecular weight is 410 g/mol. The Labute approximate surface area is 175 Å². The van der Waals surface area contributed by atoms with Gasteiger partial charge in [-0.1, -0.05) is 23.8 Å². The Bertz CT molecular complexity index is 933. The summed E-state index contributed by atoms with van der Waals surface area (Å²) in [7, 11) is 0. The van der Waals surface area contributed by atoms with Gasteiger partial charge >= 0.3 is 0 Å². The molecule has 3 aromatic rings. The van der Waals surface area contributed by atoms with Gasteiger partial charge in [0.05, 0.1) is 12.6 Å². The molecule has 0 aliphatic carbocycles. The Morgan fingerprint density at radius 1 is 1.21 bits per heavy atom. The lowest BCUT2D eigenvalue weighted by Crippen LogP contribution is -3.13. The lowest BCUT2D eigenvalue weighted by molar-refractivity contribution is -0.914. The van der Waals surface area contributed by atoms with Gasteiger partial charge in [0.25, 0.3) is 5.82 Å². The lowest BCUT2D eigenvalue weighted by Gasteiger charge is -2.27. The van der Waals surface area contributed by atoms with E-state index in [1.54, 1.807) is 11.3 Å². The van der Waals surface area contributed by atoms with Crippen molar-refractivity contribution in [3.05, 3.63) is 70.3 Å². The molecule has 0 saturated carbocycles. The number of anilines is 2. The van der Waals surface area contributed by atoms with E-state index >= 15 is 0 Å².